The van der Waals surface area contributed by atoms with Crippen LogP contribution in [0.5, 0.6) is 0 Å². The lowest BCUT2D eigenvalue weighted by molar-refractivity contribution is 0.0838. The summed E-state index contributed by atoms with van der Waals surface area (Å²) in [5.41, 5.74) is 6.20. The van der Waals surface area contributed by atoms with E-state index in [9.17, 15) is 8.42 Å². The second-order valence-electron chi connectivity index (χ2n) is 5.91. The van der Waals surface area contributed by atoms with Crippen LogP contribution in [0, 0.1) is 0 Å². The molecule has 0 atom stereocenters. The maximum absolute atomic E-state index is 11.2. The lowest BCUT2D eigenvalue weighted by atomic mass is 9.88. The summed E-state index contributed by atoms with van der Waals surface area (Å²) in [7, 11) is -2.85. The molecule has 0 saturated heterocycles. The minimum atomic E-state index is -2.85. The molecule has 1 aliphatic rings. The fourth-order valence-corrected chi connectivity index (χ4v) is 3.94. The molecule has 0 amide bonds. The number of rotatable bonds is 7. The summed E-state index contributed by atoms with van der Waals surface area (Å²) in [4.78, 5) is 2.43. The Kier molecular flexibility index (Phi) is 6.77. The van der Waals surface area contributed by atoms with Crippen molar-refractivity contribution >= 4 is 9.84 Å². The quantitative estimate of drug-likeness (QED) is 0.726. The van der Waals surface area contributed by atoms with E-state index in [1.807, 2.05) is 0 Å². The number of likely N-dealkylation sites (N-methyl/N-ethyl adjacent to an activating group) is 1. The first kappa shape index (κ1) is 16.9. The molecule has 0 aromatic carbocycles. The highest BCUT2D eigenvalue weighted by Gasteiger charge is 2.34. The van der Waals surface area contributed by atoms with Gasteiger partial charge in [-0.1, -0.05) is 32.6 Å². The van der Waals surface area contributed by atoms with Gasteiger partial charge in [-0.05, 0) is 32.4 Å². The Morgan fingerprint density at radius 1 is 1.16 bits per heavy atom. The monoisotopic (exact) mass is 290 g/mol. The van der Waals surface area contributed by atoms with Crippen molar-refractivity contribution in [3.63, 3.8) is 0 Å². The molecule has 5 heteroatoms. The van der Waals surface area contributed by atoms with Gasteiger partial charge in [-0.25, -0.2) is 8.42 Å². The van der Waals surface area contributed by atoms with Crippen molar-refractivity contribution in [1.82, 2.24) is 4.90 Å². The molecule has 0 aromatic rings. The fraction of sp³-hybridized carbons (Fsp3) is 1.00. The van der Waals surface area contributed by atoms with Gasteiger partial charge in [0.1, 0.15) is 9.84 Å². The minimum Gasteiger partial charge on any atom is -0.329 e. The average Bonchev–Trinajstić information content (AvgIpc) is 2.59. The predicted octanol–water partition coefficient (Wildman–Crippen LogP) is 1.79. The van der Waals surface area contributed by atoms with Crippen LogP contribution in [0.25, 0.3) is 0 Å². The zero-order chi connectivity index (χ0) is 14.4. The van der Waals surface area contributed by atoms with E-state index in [1.54, 1.807) is 0 Å². The third kappa shape index (κ3) is 5.40. The summed E-state index contributed by atoms with van der Waals surface area (Å²) in [6.07, 6.45) is 9.47. The molecule has 1 rings (SSSR count). The molecule has 0 aliphatic heterocycles. The Hall–Kier alpha value is -0.130. The molecule has 0 radical (unpaired) electrons. The van der Waals surface area contributed by atoms with Crippen molar-refractivity contribution in [3.05, 3.63) is 0 Å². The molecule has 0 unspecified atom stereocenters. The number of nitrogens with zero attached hydrogens (tertiary/aromatic N) is 1. The van der Waals surface area contributed by atoms with Gasteiger partial charge in [-0.2, -0.15) is 0 Å². The molecule has 0 aromatic heterocycles. The second-order valence-corrected chi connectivity index (χ2v) is 8.17. The summed E-state index contributed by atoms with van der Waals surface area (Å²) in [6.45, 7) is 4.66. The molecule has 1 saturated carbocycles. The standard InChI is InChI=1S/C14H30N2O2S/c1-3-16(11-8-12-19(2,17)18)14(13-15)9-6-4-5-7-10-14/h3-13,15H2,1-2H3. The van der Waals surface area contributed by atoms with Crippen molar-refractivity contribution < 1.29 is 8.42 Å². The van der Waals surface area contributed by atoms with Crippen LogP contribution in [-0.2, 0) is 9.84 Å². The Morgan fingerprint density at radius 2 is 1.74 bits per heavy atom. The predicted molar refractivity (Wildman–Crippen MR) is 81.1 cm³/mol. The normalized spacial score (nSPS) is 20.4. The van der Waals surface area contributed by atoms with Crippen molar-refractivity contribution in [2.45, 2.75) is 57.4 Å². The van der Waals surface area contributed by atoms with Crippen LogP contribution in [0.1, 0.15) is 51.9 Å². The zero-order valence-electron chi connectivity index (χ0n) is 12.5. The van der Waals surface area contributed by atoms with Gasteiger partial charge in [0.05, 0.1) is 5.75 Å². The lowest BCUT2D eigenvalue weighted by Crippen LogP contribution is -2.54. The van der Waals surface area contributed by atoms with Gasteiger partial charge in [0.2, 0.25) is 0 Å². The molecular formula is C14H30N2O2S. The van der Waals surface area contributed by atoms with E-state index in [0.717, 1.165) is 25.9 Å². The van der Waals surface area contributed by atoms with Gasteiger partial charge in [0, 0.05) is 18.3 Å². The molecule has 19 heavy (non-hydrogen) atoms. The molecule has 2 N–H and O–H groups in total. The lowest BCUT2D eigenvalue weighted by Gasteiger charge is -2.43. The maximum atomic E-state index is 11.2. The Balaban J connectivity index is 2.63. The first-order valence-electron chi connectivity index (χ1n) is 7.56. The van der Waals surface area contributed by atoms with Crippen LogP contribution in [-0.4, -0.2) is 50.5 Å². The Bertz CT molecular complexity index is 346. The Labute approximate surface area is 118 Å². The van der Waals surface area contributed by atoms with Crippen molar-refractivity contribution in [2.75, 3.05) is 31.6 Å². The SMILES string of the molecule is CCN(CCCS(C)(=O)=O)C1(CN)CCCCCC1. The highest BCUT2D eigenvalue weighted by molar-refractivity contribution is 7.90. The first-order valence-corrected chi connectivity index (χ1v) is 9.62. The minimum absolute atomic E-state index is 0.114. The second kappa shape index (κ2) is 7.60. The van der Waals surface area contributed by atoms with Crippen molar-refractivity contribution in [3.8, 4) is 0 Å². The van der Waals surface area contributed by atoms with Crippen LogP contribution < -0.4 is 5.73 Å². The summed E-state index contributed by atoms with van der Waals surface area (Å²) >= 11 is 0. The molecule has 4 nitrogen and oxygen atoms in total. The summed E-state index contributed by atoms with van der Waals surface area (Å²) < 4.78 is 22.5. The Morgan fingerprint density at radius 3 is 2.16 bits per heavy atom. The zero-order valence-corrected chi connectivity index (χ0v) is 13.3. The van der Waals surface area contributed by atoms with E-state index < -0.39 is 9.84 Å². The van der Waals surface area contributed by atoms with Crippen LogP contribution in [0.2, 0.25) is 0 Å². The van der Waals surface area contributed by atoms with Crippen LogP contribution in [0.4, 0.5) is 0 Å². The highest BCUT2D eigenvalue weighted by atomic mass is 32.2. The van der Waals surface area contributed by atoms with Gasteiger partial charge in [-0.15, -0.1) is 0 Å². The molecule has 114 valence electrons. The van der Waals surface area contributed by atoms with Crippen molar-refractivity contribution in [1.29, 1.82) is 0 Å². The van der Waals surface area contributed by atoms with Gasteiger partial charge < -0.3 is 5.73 Å². The largest absolute Gasteiger partial charge is 0.329 e. The first-order chi connectivity index (χ1) is 8.93. The van der Waals surface area contributed by atoms with E-state index in [2.05, 4.69) is 11.8 Å². The van der Waals surface area contributed by atoms with Crippen LogP contribution in [0.15, 0.2) is 0 Å². The van der Waals surface area contributed by atoms with Gasteiger partial charge in [-0.3, -0.25) is 4.90 Å². The number of sulfone groups is 1. The smallest absolute Gasteiger partial charge is 0.147 e. The third-order valence-electron chi connectivity index (χ3n) is 4.41. The fourth-order valence-electron chi connectivity index (χ4n) is 3.28. The molecule has 0 bridgehead atoms. The molecule has 1 fully saturated rings. The summed E-state index contributed by atoms with van der Waals surface area (Å²) in [5, 5.41) is 0. The maximum Gasteiger partial charge on any atom is 0.147 e. The van der Waals surface area contributed by atoms with Crippen LogP contribution in [0.3, 0.4) is 0 Å². The van der Waals surface area contributed by atoms with Gasteiger partial charge in [0.25, 0.3) is 0 Å². The number of hydrogen-bond donors (Lipinski definition) is 1. The molecule has 0 spiro atoms. The molecular weight excluding hydrogens is 260 g/mol. The van der Waals surface area contributed by atoms with Gasteiger partial charge in [0.15, 0.2) is 0 Å². The topological polar surface area (TPSA) is 63.4 Å². The summed E-state index contributed by atoms with van der Waals surface area (Å²) in [6, 6.07) is 0. The average molecular weight is 290 g/mol. The summed E-state index contributed by atoms with van der Waals surface area (Å²) in [5.74, 6) is 0.282. The van der Waals surface area contributed by atoms with E-state index in [1.165, 1.54) is 31.9 Å². The van der Waals surface area contributed by atoms with E-state index in [4.69, 9.17) is 5.73 Å². The van der Waals surface area contributed by atoms with E-state index >= 15 is 0 Å². The number of hydrogen-bond acceptors (Lipinski definition) is 4. The highest BCUT2D eigenvalue weighted by Crippen LogP contribution is 2.31. The van der Waals surface area contributed by atoms with E-state index in [0.29, 0.717) is 13.0 Å². The van der Waals surface area contributed by atoms with Crippen molar-refractivity contribution in [2.24, 2.45) is 5.73 Å². The third-order valence-corrected chi connectivity index (χ3v) is 5.44. The number of nitrogens with two attached hydrogens (primary N) is 1. The van der Waals surface area contributed by atoms with Gasteiger partial charge >= 0.3 is 0 Å². The molecule has 0 heterocycles. The van der Waals surface area contributed by atoms with Crippen LogP contribution >= 0.6 is 0 Å². The van der Waals surface area contributed by atoms with E-state index in [-0.39, 0.29) is 11.3 Å². The molecule has 1 aliphatic carbocycles.